The second-order valence-electron chi connectivity index (χ2n) is 5.92. The number of urea groups is 1. The van der Waals surface area contributed by atoms with Crippen LogP contribution in [-0.2, 0) is 4.79 Å². The van der Waals surface area contributed by atoms with Crippen molar-refractivity contribution in [2.75, 3.05) is 10.2 Å². The molecule has 2 N–H and O–H groups in total. The number of imide groups is 1. The number of amides is 4. The van der Waals surface area contributed by atoms with E-state index in [1.54, 1.807) is 44.2 Å². The molecule has 7 heteroatoms. The Morgan fingerprint density at radius 3 is 2.64 bits per heavy atom. The number of nitrogens with one attached hydrogen (secondary N) is 2. The summed E-state index contributed by atoms with van der Waals surface area (Å²) in [4.78, 5) is 37.8. The van der Waals surface area contributed by atoms with Gasteiger partial charge in [-0.05, 0) is 44.5 Å². The molecule has 130 valence electrons. The molecule has 7 nitrogen and oxygen atoms in total. The van der Waals surface area contributed by atoms with Crippen LogP contribution in [0.5, 0.6) is 0 Å². The summed E-state index contributed by atoms with van der Waals surface area (Å²) in [5.41, 5.74) is 1.35. The number of carbonyl (C=O) groups is 3. The van der Waals surface area contributed by atoms with Gasteiger partial charge in [0, 0.05) is 5.69 Å². The van der Waals surface area contributed by atoms with Gasteiger partial charge in [0.15, 0.2) is 0 Å². The van der Waals surface area contributed by atoms with E-state index in [1.165, 1.54) is 0 Å². The van der Waals surface area contributed by atoms with Crippen molar-refractivity contribution in [2.45, 2.75) is 33.2 Å². The van der Waals surface area contributed by atoms with E-state index in [0.29, 0.717) is 34.9 Å². The standard InChI is InChI=1S/C18H19N3O4/c1-4-15-17(23)21(18(24)20-15)13-7-5-6-12(9-13)19-16(22)14-8-10(2)25-11(14)3/h5-9,15H,4H2,1-3H3,(H,19,22)(H,20,24). The zero-order valence-electron chi connectivity index (χ0n) is 14.3. The molecule has 3 rings (SSSR count). The van der Waals surface area contributed by atoms with E-state index in [2.05, 4.69) is 10.6 Å². The molecular formula is C18H19N3O4. The molecule has 2 heterocycles. The van der Waals surface area contributed by atoms with Gasteiger partial charge >= 0.3 is 6.03 Å². The van der Waals surface area contributed by atoms with Crippen LogP contribution in [0.4, 0.5) is 16.2 Å². The Labute approximate surface area is 145 Å². The van der Waals surface area contributed by atoms with Crippen molar-refractivity contribution in [2.24, 2.45) is 0 Å². The van der Waals surface area contributed by atoms with Crippen LogP contribution in [0.3, 0.4) is 0 Å². The zero-order valence-corrected chi connectivity index (χ0v) is 14.3. The first-order valence-corrected chi connectivity index (χ1v) is 8.03. The highest BCUT2D eigenvalue weighted by atomic mass is 16.3. The molecule has 1 aliphatic rings. The first-order chi connectivity index (χ1) is 11.9. The molecular weight excluding hydrogens is 322 g/mol. The minimum Gasteiger partial charge on any atom is -0.466 e. The van der Waals surface area contributed by atoms with Crippen molar-refractivity contribution in [3.05, 3.63) is 47.4 Å². The Balaban J connectivity index is 1.83. The van der Waals surface area contributed by atoms with Crippen LogP contribution in [0.1, 0.15) is 35.2 Å². The Morgan fingerprint density at radius 2 is 2.04 bits per heavy atom. The van der Waals surface area contributed by atoms with Gasteiger partial charge in [-0.3, -0.25) is 9.59 Å². The lowest BCUT2D eigenvalue weighted by atomic mass is 10.2. The topological polar surface area (TPSA) is 91.7 Å². The van der Waals surface area contributed by atoms with Crippen LogP contribution in [0.2, 0.25) is 0 Å². The van der Waals surface area contributed by atoms with E-state index in [1.807, 2.05) is 6.92 Å². The second-order valence-corrected chi connectivity index (χ2v) is 5.92. The minimum atomic E-state index is -0.512. The fraction of sp³-hybridized carbons (Fsp3) is 0.278. The number of benzene rings is 1. The number of carbonyl (C=O) groups excluding carboxylic acids is 3. The summed E-state index contributed by atoms with van der Waals surface area (Å²) < 4.78 is 5.36. The summed E-state index contributed by atoms with van der Waals surface area (Å²) in [5, 5.41) is 5.40. The Hall–Kier alpha value is -3.09. The van der Waals surface area contributed by atoms with Gasteiger partial charge in [-0.15, -0.1) is 0 Å². The van der Waals surface area contributed by atoms with Crippen LogP contribution in [0.15, 0.2) is 34.7 Å². The van der Waals surface area contributed by atoms with E-state index in [0.717, 1.165) is 4.90 Å². The lowest BCUT2D eigenvalue weighted by Gasteiger charge is -2.14. The van der Waals surface area contributed by atoms with Crippen molar-refractivity contribution >= 4 is 29.2 Å². The second kappa shape index (κ2) is 6.43. The zero-order chi connectivity index (χ0) is 18.1. The number of anilines is 2. The lowest BCUT2D eigenvalue weighted by Crippen LogP contribution is -2.31. The first kappa shape index (κ1) is 16.8. The van der Waals surface area contributed by atoms with Crippen LogP contribution >= 0.6 is 0 Å². The molecule has 1 aliphatic heterocycles. The number of aryl methyl sites for hydroxylation is 2. The molecule has 0 aliphatic carbocycles. The molecule has 1 unspecified atom stereocenters. The molecule has 1 fully saturated rings. The smallest absolute Gasteiger partial charge is 0.329 e. The Kier molecular flexibility index (Phi) is 4.31. The maximum atomic E-state index is 12.4. The third kappa shape index (κ3) is 3.13. The Morgan fingerprint density at radius 1 is 1.28 bits per heavy atom. The summed E-state index contributed by atoms with van der Waals surface area (Å²) in [6.07, 6.45) is 0.524. The molecule has 2 aromatic rings. The summed E-state index contributed by atoms with van der Waals surface area (Å²) in [7, 11) is 0. The quantitative estimate of drug-likeness (QED) is 0.836. The highest BCUT2D eigenvalue weighted by Crippen LogP contribution is 2.24. The molecule has 0 radical (unpaired) electrons. The molecule has 4 amide bonds. The van der Waals surface area contributed by atoms with Gasteiger partial charge in [-0.2, -0.15) is 0 Å². The number of hydrogen-bond acceptors (Lipinski definition) is 4. The molecule has 1 aromatic carbocycles. The molecule has 1 atom stereocenters. The van der Waals surface area contributed by atoms with E-state index >= 15 is 0 Å². The summed E-state index contributed by atoms with van der Waals surface area (Å²) in [6, 6.07) is 7.31. The fourth-order valence-electron chi connectivity index (χ4n) is 2.83. The monoisotopic (exact) mass is 341 g/mol. The maximum absolute atomic E-state index is 12.4. The highest BCUT2D eigenvalue weighted by molar-refractivity contribution is 6.21. The van der Waals surface area contributed by atoms with Gasteiger partial charge in [-0.25, -0.2) is 9.69 Å². The third-order valence-corrected chi connectivity index (χ3v) is 4.08. The van der Waals surface area contributed by atoms with Crippen molar-refractivity contribution < 1.29 is 18.8 Å². The van der Waals surface area contributed by atoms with Crippen molar-refractivity contribution in [1.82, 2.24) is 5.32 Å². The van der Waals surface area contributed by atoms with Crippen LogP contribution in [0, 0.1) is 13.8 Å². The van der Waals surface area contributed by atoms with Crippen LogP contribution < -0.4 is 15.5 Å². The summed E-state index contributed by atoms with van der Waals surface area (Å²) >= 11 is 0. The van der Waals surface area contributed by atoms with E-state index in [-0.39, 0.29) is 11.8 Å². The van der Waals surface area contributed by atoms with E-state index < -0.39 is 12.1 Å². The van der Waals surface area contributed by atoms with Gasteiger partial charge in [0.25, 0.3) is 11.8 Å². The molecule has 0 bridgehead atoms. The summed E-state index contributed by atoms with van der Waals surface area (Å²) in [5.74, 6) is 0.583. The van der Waals surface area contributed by atoms with Gasteiger partial charge in [0.05, 0.1) is 11.3 Å². The Bertz CT molecular complexity index is 856. The normalized spacial score (nSPS) is 16.9. The largest absolute Gasteiger partial charge is 0.466 e. The van der Waals surface area contributed by atoms with Crippen molar-refractivity contribution in [3.8, 4) is 0 Å². The van der Waals surface area contributed by atoms with Gasteiger partial charge < -0.3 is 15.1 Å². The highest BCUT2D eigenvalue weighted by Gasteiger charge is 2.37. The van der Waals surface area contributed by atoms with Crippen molar-refractivity contribution in [3.63, 3.8) is 0 Å². The van der Waals surface area contributed by atoms with E-state index in [9.17, 15) is 14.4 Å². The molecule has 0 spiro atoms. The third-order valence-electron chi connectivity index (χ3n) is 4.08. The lowest BCUT2D eigenvalue weighted by molar-refractivity contribution is -0.118. The van der Waals surface area contributed by atoms with Gasteiger partial charge in [0.1, 0.15) is 17.6 Å². The summed E-state index contributed by atoms with van der Waals surface area (Å²) in [6.45, 7) is 5.32. The predicted octanol–water partition coefficient (Wildman–Crippen LogP) is 2.98. The van der Waals surface area contributed by atoms with Crippen LogP contribution in [0.25, 0.3) is 0 Å². The van der Waals surface area contributed by atoms with Gasteiger partial charge in [0.2, 0.25) is 0 Å². The minimum absolute atomic E-state index is 0.294. The number of furan rings is 1. The molecule has 0 saturated carbocycles. The number of hydrogen-bond donors (Lipinski definition) is 2. The van der Waals surface area contributed by atoms with Crippen molar-refractivity contribution in [1.29, 1.82) is 0 Å². The SMILES string of the molecule is CCC1NC(=O)N(c2cccc(NC(=O)c3cc(C)oc3C)c2)C1=O. The number of nitrogens with zero attached hydrogens (tertiary/aromatic N) is 1. The average molecular weight is 341 g/mol. The van der Waals surface area contributed by atoms with Gasteiger partial charge in [-0.1, -0.05) is 13.0 Å². The number of rotatable bonds is 4. The molecule has 25 heavy (non-hydrogen) atoms. The maximum Gasteiger partial charge on any atom is 0.329 e. The fourth-order valence-corrected chi connectivity index (χ4v) is 2.83. The predicted molar refractivity (Wildman–Crippen MR) is 92.7 cm³/mol. The molecule has 1 saturated heterocycles. The van der Waals surface area contributed by atoms with Crippen LogP contribution in [-0.4, -0.2) is 23.9 Å². The van der Waals surface area contributed by atoms with E-state index in [4.69, 9.17) is 4.42 Å². The first-order valence-electron chi connectivity index (χ1n) is 8.03. The molecule has 1 aromatic heterocycles. The average Bonchev–Trinajstić information content (AvgIpc) is 3.05.